The van der Waals surface area contributed by atoms with Crippen LogP contribution in [0, 0.1) is 5.82 Å². The molecule has 5 aromatic rings. The number of rotatable bonds is 8. The van der Waals surface area contributed by atoms with Crippen LogP contribution in [0.4, 0.5) is 17.6 Å². The maximum Gasteiger partial charge on any atom is 0.435 e. The molecule has 0 saturated heterocycles. The van der Waals surface area contributed by atoms with E-state index in [1.54, 1.807) is 24.3 Å². The van der Waals surface area contributed by atoms with Gasteiger partial charge in [-0.15, -0.1) is 5.10 Å². The number of ether oxygens (including phenoxy) is 1. The molecule has 208 valence electrons. The van der Waals surface area contributed by atoms with E-state index >= 15 is 0 Å². The van der Waals surface area contributed by atoms with Gasteiger partial charge in [-0.2, -0.15) is 23.4 Å². The number of carbonyl (C=O) groups is 2. The van der Waals surface area contributed by atoms with Crippen LogP contribution in [0.25, 0.3) is 27.6 Å². The summed E-state index contributed by atoms with van der Waals surface area (Å²) in [6, 6.07) is 7.57. The number of H-pyrrole nitrogens is 1. The maximum atomic E-state index is 14.2. The van der Waals surface area contributed by atoms with E-state index in [2.05, 4.69) is 41.5 Å². The first-order valence-electron chi connectivity index (χ1n) is 11.2. The van der Waals surface area contributed by atoms with E-state index in [0.29, 0.717) is 26.6 Å². The van der Waals surface area contributed by atoms with Gasteiger partial charge in [0.25, 0.3) is 5.60 Å². The van der Waals surface area contributed by atoms with Gasteiger partial charge in [0.05, 0.1) is 29.0 Å². The van der Waals surface area contributed by atoms with E-state index in [0.717, 1.165) is 10.9 Å². The van der Waals surface area contributed by atoms with Gasteiger partial charge in [-0.3, -0.25) is 9.78 Å². The standard InChI is InChI=1S/C23H16BrF4N7O5/c1-34-8-10(19(32-34)23(26,27)28)7-22(20(36)37,21(38)39)40-9-16-13-3-2-12(6-15(13)29-30-16)35-17-5-11(24)4-14(25)18(17)31-33-35/h2-6,8H,7,9H2,1H3,(H,29,30)(H,36,37)(H,38,39). The summed E-state index contributed by atoms with van der Waals surface area (Å²) in [7, 11) is 1.19. The Labute approximate surface area is 228 Å². The summed E-state index contributed by atoms with van der Waals surface area (Å²) in [5.41, 5.74) is -3.80. The van der Waals surface area contributed by atoms with Crippen LogP contribution < -0.4 is 0 Å². The van der Waals surface area contributed by atoms with Crippen molar-refractivity contribution in [2.75, 3.05) is 0 Å². The van der Waals surface area contributed by atoms with Crippen LogP contribution in [-0.4, -0.2) is 62.7 Å². The number of hydrogen-bond donors (Lipinski definition) is 3. The van der Waals surface area contributed by atoms with Crippen molar-refractivity contribution in [1.82, 2.24) is 35.0 Å². The minimum Gasteiger partial charge on any atom is -0.479 e. The van der Waals surface area contributed by atoms with Crippen molar-refractivity contribution in [1.29, 1.82) is 0 Å². The molecule has 3 heterocycles. The first-order chi connectivity index (χ1) is 18.8. The Morgan fingerprint density at radius 3 is 2.55 bits per heavy atom. The number of aromatic amines is 1. The second-order valence-corrected chi connectivity index (χ2v) is 9.65. The lowest BCUT2D eigenvalue weighted by molar-refractivity contribution is -0.186. The number of carboxylic acids is 2. The fourth-order valence-corrected chi connectivity index (χ4v) is 4.64. The van der Waals surface area contributed by atoms with Gasteiger partial charge in [0.2, 0.25) is 0 Å². The summed E-state index contributed by atoms with van der Waals surface area (Å²) in [5.74, 6) is -4.58. The zero-order valence-electron chi connectivity index (χ0n) is 20.1. The average Bonchev–Trinajstić information content (AvgIpc) is 3.57. The quantitative estimate of drug-likeness (QED) is 0.173. The number of benzene rings is 2. The Morgan fingerprint density at radius 2 is 1.88 bits per heavy atom. The number of halogens is 5. The van der Waals surface area contributed by atoms with Gasteiger partial charge in [0, 0.05) is 35.1 Å². The second kappa shape index (κ2) is 9.67. The van der Waals surface area contributed by atoms with Gasteiger partial charge >= 0.3 is 18.1 Å². The van der Waals surface area contributed by atoms with Gasteiger partial charge in [0.1, 0.15) is 5.52 Å². The average molecular weight is 626 g/mol. The number of nitrogens with zero attached hydrogens (tertiary/aromatic N) is 6. The summed E-state index contributed by atoms with van der Waals surface area (Å²) < 4.78 is 62.5. The Balaban J connectivity index is 1.46. The van der Waals surface area contributed by atoms with E-state index in [4.69, 9.17) is 4.74 Å². The number of alkyl halides is 3. The number of aliphatic carboxylic acids is 2. The fourth-order valence-electron chi connectivity index (χ4n) is 4.23. The lowest BCUT2D eigenvalue weighted by Crippen LogP contribution is -2.51. The topological polar surface area (TPSA) is 161 Å². The number of aromatic nitrogens is 7. The minimum absolute atomic E-state index is 0.0420. The molecule has 0 bridgehead atoms. The van der Waals surface area contributed by atoms with Crippen LogP contribution in [0.1, 0.15) is 17.0 Å². The molecule has 0 atom stereocenters. The smallest absolute Gasteiger partial charge is 0.435 e. The van der Waals surface area contributed by atoms with Crippen LogP contribution in [-0.2, 0) is 40.6 Å². The summed E-state index contributed by atoms with van der Waals surface area (Å²) in [4.78, 5) is 24.2. The summed E-state index contributed by atoms with van der Waals surface area (Å²) >= 11 is 3.22. The molecule has 0 saturated carbocycles. The molecule has 12 nitrogen and oxygen atoms in total. The van der Waals surface area contributed by atoms with E-state index in [9.17, 15) is 37.4 Å². The molecule has 0 aliphatic heterocycles. The van der Waals surface area contributed by atoms with E-state index in [-0.39, 0.29) is 11.2 Å². The molecule has 0 spiro atoms. The van der Waals surface area contributed by atoms with Crippen molar-refractivity contribution in [2.24, 2.45) is 7.05 Å². The molecular formula is C23H16BrF4N7O5. The third-order valence-electron chi connectivity index (χ3n) is 6.10. The van der Waals surface area contributed by atoms with Crippen molar-refractivity contribution in [3.63, 3.8) is 0 Å². The number of hydrogen-bond acceptors (Lipinski definition) is 7. The fraction of sp³-hybridized carbons (Fsp3) is 0.217. The SMILES string of the molecule is Cn1cc(CC(OCc2[nH]nc3cc(-n4nnc5c(F)cc(Br)cc54)ccc23)(C(=O)O)C(=O)O)c(C(F)(F)F)n1. The third kappa shape index (κ3) is 4.66. The molecule has 0 radical (unpaired) electrons. The maximum absolute atomic E-state index is 14.2. The highest BCUT2D eigenvalue weighted by atomic mass is 79.9. The molecule has 0 unspecified atom stereocenters. The molecule has 0 fully saturated rings. The monoisotopic (exact) mass is 625 g/mol. The highest BCUT2D eigenvalue weighted by molar-refractivity contribution is 9.10. The number of aryl methyl sites for hydroxylation is 1. The molecule has 2 aromatic carbocycles. The molecule has 17 heteroatoms. The molecule has 0 aliphatic rings. The summed E-state index contributed by atoms with van der Waals surface area (Å²) in [5, 5.41) is 37.8. The molecule has 5 rings (SSSR count). The van der Waals surface area contributed by atoms with Crippen molar-refractivity contribution in [3.8, 4) is 5.69 Å². The van der Waals surface area contributed by atoms with Crippen LogP contribution >= 0.6 is 15.9 Å². The second-order valence-electron chi connectivity index (χ2n) is 8.74. The Hall–Kier alpha value is -4.38. The van der Waals surface area contributed by atoms with Crippen LogP contribution in [0.3, 0.4) is 0 Å². The molecule has 40 heavy (non-hydrogen) atoms. The highest BCUT2D eigenvalue weighted by Crippen LogP contribution is 2.34. The third-order valence-corrected chi connectivity index (χ3v) is 6.56. The number of fused-ring (bicyclic) bond motifs is 2. The van der Waals surface area contributed by atoms with Crippen LogP contribution in [0.5, 0.6) is 0 Å². The van der Waals surface area contributed by atoms with Crippen molar-refractivity contribution >= 4 is 49.8 Å². The minimum atomic E-state index is -4.95. The Morgan fingerprint density at radius 1 is 1.15 bits per heavy atom. The van der Waals surface area contributed by atoms with Gasteiger partial charge in [-0.05, 0) is 30.3 Å². The predicted octanol–water partition coefficient (Wildman–Crippen LogP) is 3.62. The van der Waals surface area contributed by atoms with Crippen molar-refractivity contribution < 1.29 is 42.1 Å². The van der Waals surface area contributed by atoms with E-state index in [1.165, 1.54) is 17.8 Å². The van der Waals surface area contributed by atoms with E-state index in [1.807, 2.05) is 0 Å². The van der Waals surface area contributed by atoms with Crippen LogP contribution in [0.15, 0.2) is 41.0 Å². The Bertz CT molecular complexity index is 1780. The van der Waals surface area contributed by atoms with Gasteiger partial charge < -0.3 is 14.9 Å². The molecule has 3 aromatic heterocycles. The lowest BCUT2D eigenvalue weighted by Gasteiger charge is -2.25. The van der Waals surface area contributed by atoms with Gasteiger partial charge in [-0.1, -0.05) is 21.1 Å². The van der Waals surface area contributed by atoms with Crippen molar-refractivity contribution in [2.45, 2.75) is 24.8 Å². The number of nitrogens with one attached hydrogen (secondary N) is 1. The molecule has 3 N–H and O–H groups in total. The van der Waals surface area contributed by atoms with Gasteiger partial charge in [0.15, 0.2) is 11.5 Å². The first-order valence-corrected chi connectivity index (χ1v) is 12.0. The first kappa shape index (κ1) is 27.2. The van der Waals surface area contributed by atoms with E-state index < -0.39 is 53.8 Å². The predicted molar refractivity (Wildman–Crippen MR) is 131 cm³/mol. The summed E-state index contributed by atoms with van der Waals surface area (Å²) in [6.07, 6.45) is -5.21. The lowest BCUT2D eigenvalue weighted by atomic mass is 9.94. The largest absolute Gasteiger partial charge is 0.479 e. The van der Waals surface area contributed by atoms with Crippen molar-refractivity contribution in [3.05, 3.63) is 63.8 Å². The van der Waals surface area contributed by atoms with Crippen LogP contribution in [0.2, 0.25) is 0 Å². The number of carboxylic acid groups (broad SMARTS) is 2. The zero-order valence-corrected chi connectivity index (χ0v) is 21.7. The normalized spacial score (nSPS) is 12.4. The highest BCUT2D eigenvalue weighted by Gasteiger charge is 2.51. The molecule has 0 aliphatic carbocycles. The van der Waals surface area contributed by atoms with Gasteiger partial charge in [-0.25, -0.2) is 18.7 Å². The molecule has 0 amide bonds. The zero-order chi connectivity index (χ0) is 29.0. The molecular weight excluding hydrogens is 610 g/mol. The Kier molecular flexibility index (Phi) is 6.57. The summed E-state index contributed by atoms with van der Waals surface area (Å²) in [6.45, 7) is -0.652.